The lowest BCUT2D eigenvalue weighted by molar-refractivity contribution is 0.728. The molecule has 2 heterocycles. The van der Waals surface area contributed by atoms with E-state index in [4.69, 9.17) is 4.98 Å². The Morgan fingerprint density at radius 1 is 0.893 bits per heavy atom. The van der Waals surface area contributed by atoms with E-state index in [-0.39, 0.29) is 11.1 Å². The summed E-state index contributed by atoms with van der Waals surface area (Å²) >= 11 is 0. The normalized spacial score (nSPS) is 11.1. The lowest BCUT2D eigenvalue weighted by Gasteiger charge is -2.15. The molecule has 0 aliphatic rings. The summed E-state index contributed by atoms with van der Waals surface area (Å²) in [5, 5.41) is 0.560. The third-order valence-electron chi connectivity index (χ3n) is 4.93. The number of hydrogen-bond donors (Lipinski definition) is 0. The van der Waals surface area contributed by atoms with Crippen molar-refractivity contribution in [3.63, 3.8) is 0 Å². The van der Waals surface area contributed by atoms with Gasteiger partial charge in [0.25, 0.3) is 11.1 Å². The van der Waals surface area contributed by atoms with Gasteiger partial charge in [-0.15, -0.1) is 0 Å². The SMILES string of the molecule is CCc1nc2cccc(-c3ccc(=O)n(CC)c3)c2c(=O)n1-c1ccccc1. The van der Waals surface area contributed by atoms with Crippen molar-refractivity contribution in [3.05, 3.63) is 93.4 Å². The highest BCUT2D eigenvalue weighted by atomic mass is 16.1. The number of nitrogens with zero attached hydrogens (tertiary/aromatic N) is 3. The van der Waals surface area contributed by atoms with Gasteiger partial charge in [0.15, 0.2) is 0 Å². The van der Waals surface area contributed by atoms with Crippen molar-refractivity contribution in [2.75, 3.05) is 0 Å². The molecule has 0 saturated carbocycles. The van der Waals surface area contributed by atoms with Crippen LogP contribution in [0.3, 0.4) is 0 Å². The Hall–Kier alpha value is -3.47. The molecule has 0 atom stereocenters. The molecule has 0 N–H and O–H groups in total. The largest absolute Gasteiger partial charge is 0.315 e. The molecule has 0 spiro atoms. The van der Waals surface area contributed by atoms with E-state index in [1.807, 2.05) is 62.4 Å². The van der Waals surface area contributed by atoms with Crippen LogP contribution in [0.2, 0.25) is 0 Å². The average Bonchev–Trinajstić information content (AvgIpc) is 2.74. The number of rotatable bonds is 4. The quantitative estimate of drug-likeness (QED) is 0.548. The summed E-state index contributed by atoms with van der Waals surface area (Å²) in [7, 11) is 0. The van der Waals surface area contributed by atoms with E-state index in [1.54, 1.807) is 27.5 Å². The molecule has 4 rings (SSSR count). The van der Waals surface area contributed by atoms with Crippen LogP contribution >= 0.6 is 0 Å². The van der Waals surface area contributed by atoms with Crippen LogP contribution < -0.4 is 11.1 Å². The highest BCUT2D eigenvalue weighted by molar-refractivity contribution is 5.94. The second kappa shape index (κ2) is 7.27. The molecular formula is C23H21N3O2. The van der Waals surface area contributed by atoms with Crippen molar-refractivity contribution in [1.29, 1.82) is 0 Å². The number of aryl methyl sites for hydroxylation is 2. The van der Waals surface area contributed by atoms with E-state index in [0.29, 0.717) is 23.9 Å². The fourth-order valence-electron chi connectivity index (χ4n) is 3.53. The van der Waals surface area contributed by atoms with Crippen LogP contribution in [0.1, 0.15) is 19.7 Å². The second-order valence-corrected chi connectivity index (χ2v) is 6.60. The van der Waals surface area contributed by atoms with Crippen molar-refractivity contribution in [3.8, 4) is 16.8 Å². The number of aromatic nitrogens is 3. The summed E-state index contributed by atoms with van der Waals surface area (Å²) in [6.07, 6.45) is 2.45. The maximum Gasteiger partial charge on any atom is 0.266 e. The zero-order valence-electron chi connectivity index (χ0n) is 15.9. The van der Waals surface area contributed by atoms with Crippen molar-refractivity contribution in [1.82, 2.24) is 14.1 Å². The molecule has 0 radical (unpaired) electrons. The molecule has 0 amide bonds. The first kappa shape index (κ1) is 17.9. The summed E-state index contributed by atoms with van der Waals surface area (Å²) in [5.41, 5.74) is 2.92. The first-order valence-corrected chi connectivity index (χ1v) is 9.45. The molecule has 0 aliphatic carbocycles. The van der Waals surface area contributed by atoms with E-state index < -0.39 is 0 Å². The molecular weight excluding hydrogens is 350 g/mol. The van der Waals surface area contributed by atoms with Gasteiger partial charge in [0, 0.05) is 25.2 Å². The molecule has 0 unspecified atom stereocenters. The first-order chi connectivity index (χ1) is 13.6. The Balaban J connectivity index is 2.08. The van der Waals surface area contributed by atoms with Gasteiger partial charge in [0.05, 0.1) is 16.6 Å². The lowest BCUT2D eigenvalue weighted by Crippen LogP contribution is -2.24. The fraction of sp³-hybridized carbons (Fsp3) is 0.174. The van der Waals surface area contributed by atoms with Crippen molar-refractivity contribution < 1.29 is 0 Å². The highest BCUT2D eigenvalue weighted by Crippen LogP contribution is 2.26. The average molecular weight is 371 g/mol. The van der Waals surface area contributed by atoms with Gasteiger partial charge in [-0.05, 0) is 42.3 Å². The maximum absolute atomic E-state index is 13.6. The van der Waals surface area contributed by atoms with Crippen LogP contribution in [-0.4, -0.2) is 14.1 Å². The van der Waals surface area contributed by atoms with Crippen LogP contribution in [0, 0.1) is 0 Å². The Kier molecular flexibility index (Phi) is 4.65. The van der Waals surface area contributed by atoms with E-state index in [2.05, 4.69) is 0 Å². The number of pyridine rings is 1. The maximum atomic E-state index is 13.6. The third-order valence-corrected chi connectivity index (χ3v) is 4.93. The van der Waals surface area contributed by atoms with Gasteiger partial charge in [0.1, 0.15) is 5.82 Å². The van der Waals surface area contributed by atoms with Gasteiger partial charge >= 0.3 is 0 Å². The summed E-state index contributed by atoms with van der Waals surface area (Å²) < 4.78 is 3.32. The second-order valence-electron chi connectivity index (χ2n) is 6.60. The van der Waals surface area contributed by atoms with Crippen LogP contribution in [0.4, 0.5) is 0 Å². The molecule has 2 aromatic carbocycles. The zero-order chi connectivity index (χ0) is 19.7. The predicted molar refractivity (Wildman–Crippen MR) is 112 cm³/mol. The van der Waals surface area contributed by atoms with Gasteiger partial charge in [-0.1, -0.05) is 37.3 Å². The summed E-state index contributed by atoms with van der Waals surface area (Å²) in [6, 6.07) is 18.6. The molecule has 0 saturated heterocycles. The molecule has 140 valence electrons. The van der Waals surface area contributed by atoms with Crippen molar-refractivity contribution in [2.45, 2.75) is 26.8 Å². The third kappa shape index (κ3) is 2.95. The number of para-hydroxylation sites is 1. The van der Waals surface area contributed by atoms with Crippen LogP contribution in [0.5, 0.6) is 0 Å². The van der Waals surface area contributed by atoms with E-state index >= 15 is 0 Å². The molecule has 2 aromatic heterocycles. The molecule has 4 aromatic rings. The van der Waals surface area contributed by atoms with Crippen LogP contribution in [-0.2, 0) is 13.0 Å². The standard InChI is InChI=1S/C23H21N3O2/c1-3-20-24-19-12-8-11-18(16-13-14-21(27)25(4-2)15-16)22(19)23(28)26(20)17-9-6-5-7-10-17/h5-15H,3-4H2,1-2H3. The first-order valence-electron chi connectivity index (χ1n) is 9.45. The fourth-order valence-corrected chi connectivity index (χ4v) is 3.53. The Morgan fingerprint density at radius 2 is 1.68 bits per heavy atom. The van der Waals surface area contributed by atoms with Crippen molar-refractivity contribution >= 4 is 10.9 Å². The highest BCUT2D eigenvalue weighted by Gasteiger charge is 2.15. The number of fused-ring (bicyclic) bond motifs is 1. The van der Waals surface area contributed by atoms with Gasteiger partial charge < -0.3 is 4.57 Å². The molecule has 5 heteroatoms. The minimum absolute atomic E-state index is 0.0559. The minimum Gasteiger partial charge on any atom is -0.315 e. The van der Waals surface area contributed by atoms with Gasteiger partial charge in [-0.25, -0.2) is 4.98 Å². The number of hydrogen-bond acceptors (Lipinski definition) is 3. The topological polar surface area (TPSA) is 56.9 Å². The molecule has 0 fully saturated rings. The molecule has 0 bridgehead atoms. The zero-order valence-corrected chi connectivity index (χ0v) is 15.9. The minimum atomic E-state index is -0.0992. The molecule has 0 aliphatic heterocycles. The van der Waals surface area contributed by atoms with E-state index in [0.717, 1.165) is 22.6 Å². The Bertz CT molecular complexity index is 1270. The van der Waals surface area contributed by atoms with E-state index in [1.165, 1.54) is 0 Å². The monoisotopic (exact) mass is 371 g/mol. The smallest absolute Gasteiger partial charge is 0.266 e. The van der Waals surface area contributed by atoms with Gasteiger partial charge in [0.2, 0.25) is 0 Å². The van der Waals surface area contributed by atoms with Crippen molar-refractivity contribution in [2.24, 2.45) is 0 Å². The predicted octanol–water partition coefficient (Wildman–Crippen LogP) is 3.80. The Labute approximate surface area is 162 Å². The summed E-state index contributed by atoms with van der Waals surface area (Å²) in [5.74, 6) is 0.722. The number of benzene rings is 2. The van der Waals surface area contributed by atoms with Gasteiger partial charge in [-0.2, -0.15) is 0 Å². The summed E-state index contributed by atoms with van der Waals surface area (Å²) in [4.78, 5) is 30.3. The Morgan fingerprint density at radius 3 is 2.39 bits per heavy atom. The summed E-state index contributed by atoms with van der Waals surface area (Å²) in [6.45, 7) is 4.49. The van der Waals surface area contributed by atoms with E-state index in [9.17, 15) is 9.59 Å². The van der Waals surface area contributed by atoms with Gasteiger partial charge in [-0.3, -0.25) is 14.2 Å². The lowest BCUT2D eigenvalue weighted by atomic mass is 10.0. The van der Waals surface area contributed by atoms with Crippen LogP contribution in [0.25, 0.3) is 27.7 Å². The van der Waals surface area contributed by atoms with Crippen LogP contribution in [0.15, 0.2) is 76.4 Å². The molecule has 5 nitrogen and oxygen atoms in total. The molecule has 28 heavy (non-hydrogen) atoms.